The van der Waals surface area contributed by atoms with Crippen LogP contribution in [0.15, 0.2) is 53.4 Å². The number of sulfone groups is 1. The first-order valence-electron chi connectivity index (χ1n) is 9.31. The van der Waals surface area contributed by atoms with E-state index in [1.54, 1.807) is 18.2 Å². The number of benzene rings is 2. The van der Waals surface area contributed by atoms with Crippen LogP contribution >= 0.6 is 0 Å². The number of aromatic amines is 1. The third kappa shape index (κ3) is 3.81. The molecule has 0 saturated carbocycles. The summed E-state index contributed by atoms with van der Waals surface area (Å²) >= 11 is 0. The second kappa shape index (κ2) is 7.46. The summed E-state index contributed by atoms with van der Waals surface area (Å²) in [7, 11) is -3.64. The molecule has 7 nitrogen and oxygen atoms in total. The normalized spacial score (nSPS) is 15.9. The zero-order valence-electron chi connectivity index (χ0n) is 16.2. The fourth-order valence-corrected chi connectivity index (χ4v) is 5.13. The number of rotatable bonds is 5. The van der Waals surface area contributed by atoms with Gasteiger partial charge < -0.3 is 5.32 Å². The minimum Gasteiger partial charge on any atom is -0.309 e. The summed E-state index contributed by atoms with van der Waals surface area (Å²) in [5.41, 5.74) is 4.04. The third-order valence-electron chi connectivity index (χ3n) is 5.00. The van der Waals surface area contributed by atoms with Gasteiger partial charge in [0.05, 0.1) is 17.0 Å². The third-order valence-corrected chi connectivity index (χ3v) is 6.93. The second-order valence-electron chi connectivity index (χ2n) is 7.30. The Balaban J connectivity index is 1.53. The van der Waals surface area contributed by atoms with Gasteiger partial charge in [-0.3, -0.25) is 15.2 Å². The van der Waals surface area contributed by atoms with Gasteiger partial charge in [0.2, 0.25) is 5.91 Å². The van der Waals surface area contributed by atoms with E-state index in [4.69, 9.17) is 0 Å². The van der Waals surface area contributed by atoms with E-state index in [2.05, 4.69) is 20.8 Å². The van der Waals surface area contributed by atoms with E-state index in [1.165, 1.54) is 0 Å². The van der Waals surface area contributed by atoms with Crippen molar-refractivity contribution in [2.24, 2.45) is 0 Å². The number of amides is 1. The lowest BCUT2D eigenvalue weighted by molar-refractivity contribution is -0.115. The maximum atomic E-state index is 13.1. The van der Waals surface area contributed by atoms with Gasteiger partial charge in [0.25, 0.3) is 0 Å². The molecule has 3 N–H and O–H groups in total. The molecule has 4 rings (SSSR count). The van der Waals surface area contributed by atoms with Crippen molar-refractivity contribution in [3.63, 3.8) is 0 Å². The Morgan fingerprint density at radius 2 is 1.90 bits per heavy atom. The average Bonchev–Trinajstić information content (AvgIpc) is 3.27. The zero-order chi connectivity index (χ0) is 20.6. The molecule has 1 amide bonds. The number of hydrogen-bond acceptors (Lipinski definition) is 5. The highest BCUT2D eigenvalue weighted by molar-refractivity contribution is 7.91. The molecule has 0 radical (unpaired) electrons. The van der Waals surface area contributed by atoms with Crippen molar-refractivity contribution in [1.29, 1.82) is 0 Å². The molecular formula is C21H22N4O3S. The van der Waals surface area contributed by atoms with Crippen molar-refractivity contribution in [3.05, 3.63) is 76.5 Å². The number of nitrogens with one attached hydrogen (secondary N) is 3. The van der Waals surface area contributed by atoms with Gasteiger partial charge >= 0.3 is 0 Å². The summed E-state index contributed by atoms with van der Waals surface area (Å²) in [6.45, 7) is 4.15. The number of H-pyrrole nitrogens is 1. The van der Waals surface area contributed by atoms with Crippen LogP contribution in [0.2, 0.25) is 0 Å². The molecule has 29 heavy (non-hydrogen) atoms. The number of aryl methyl sites for hydroxylation is 2. The highest BCUT2D eigenvalue weighted by atomic mass is 32.2. The van der Waals surface area contributed by atoms with Crippen LogP contribution in [-0.4, -0.2) is 24.5 Å². The van der Waals surface area contributed by atoms with Crippen molar-refractivity contribution in [3.8, 4) is 0 Å². The molecule has 150 valence electrons. The van der Waals surface area contributed by atoms with E-state index in [9.17, 15) is 13.2 Å². The number of hydrogen-bond donors (Lipinski definition) is 3. The Labute approximate surface area is 169 Å². The topological polar surface area (TPSA) is 104 Å². The number of nitrogens with zero attached hydrogens (tertiary/aromatic N) is 1. The van der Waals surface area contributed by atoms with Crippen molar-refractivity contribution in [1.82, 2.24) is 15.5 Å². The van der Waals surface area contributed by atoms with Crippen LogP contribution in [0.4, 0.5) is 5.82 Å². The van der Waals surface area contributed by atoms with Crippen molar-refractivity contribution >= 4 is 21.6 Å². The van der Waals surface area contributed by atoms with Crippen LogP contribution in [-0.2, 0) is 27.6 Å². The lowest BCUT2D eigenvalue weighted by Crippen LogP contribution is -2.23. The fraction of sp³-hybridized carbons (Fsp3) is 0.238. The van der Waals surface area contributed by atoms with Gasteiger partial charge in [-0.1, -0.05) is 42.0 Å². The van der Waals surface area contributed by atoms with Crippen LogP contribution in [0.25, 0.3) is 0 Å². The van der Waals surface area contributed by atoms with Gasteiger partial charge in [0.15, 0.2) is 21.0 Å². The van der Waals surface area contributed by atoms with Crippen LogP contribution in [0.1, 0.15) is 33.3 Å². The monoisotopic (exact) mass is 410 g/mol. The first-order valence-corrected chi connectivity index (χ1v) is 10.9. The predicted molar refractivity (Wildman–Crippen MR) is 110 cm³/mol. The largest absolute Gasteiger partial charge is 0.309 e. The quantitative estimate of drug-likeness (QED) is 0.600. The summed E-state index contributed by atoms with van der Waals surface area (Å²) in [5.74, 6) is 0.166. The Bertz CT molecular complexity index is 1170. The lowest BCUT2D eigenvalue weighted by Gasteiger charge is -2.12. The van der Waals surface area contributed by atoms with E-state index in [0.29, 0.717) is 23.6 Å². The highest BCUT2D eigenvalue weighted by Crippen LogP contribution is 2.35. The van der Waals surface area contributed by atoms with Crippen LogP contribution in [0.5, 0.6) is 0 Å². The molecule has 0 spiro atoms. The standard InChI is InChI=1S/C21H22N4O3S/c1-13-6-8-15(9-7-13)11-18(26)23-20-17-12-22-21(19(17)24-25-20)29(27,28)16-5-3-4-14(2)10-16/h3-10,21-22H,11-12H2,1-2H3,(H2,23,24,25,26). The number of carbonyl (C=O) groups excluding carboxylic acids is 1. The van der Waals surface area contributed by atoms with E-state index < -0.39 is 15.2 Å². The fourth-order valence-electron chi connectivity index (χ4n) is 3.44. The number of fused-ring (bicyclic) bond motifs is 1. The first-order chi connectivity index (χ1) is 13.8. The average molecular weight is 410 g/mol. The van der Waals surface area contributed by atoms with Crippen molar-refractivity contribution < 1.29 is 13.2 Å². The van der Waals surface area contributed by atoms with Gasteiger partial charge in [-0.15, -0.1) is 0 Å². The first kappa shape index (κ1) is 19.4. The molecule has 2 heterocycles. The Hall–Kier alpha value is -2.97. The smallest absolute Gasteiger partial charge is 0.230 e. The molecule has 1 aliphatic heterocycles. The molecule has 8 heteroatoms. The number of anilines is 1. The van der Waals surface area contributed by atoms with Crippen molar-refractivity contribution in [2.45, 2.75) is 37.1 Å². The molecule has 0 fully saturated rings. The number of aromatic nitrogens is 2. The van der Waals surface area contributed by atoms with E-state index in [1.807, 2.05) is 44.2 Å². The summed E-state index contributed by atoms with van der Waals surface area (Å²) in [6, 6.07) is 14.6. The Morgan fingerprint density at radius 3 is 2.62 bits per heavy atom. The van der Waals surface area contributed by atoms with Gasteiger partial charge in [0, 0.05) is 12.1 Å². The SMILES string of the molecule is Cc1ccc(CC(=O)Nc2n[nH]c3c2CNC3S(=O)(=O)c2cccc(C)c2)cc1. The second-order valence-corrected chi connectivity index (χ2v) is 9.33. The highest BCUT2D eigenvalue weighted by Gasteiger charge is 2.38. The van der Waals surface area contributed by atoms with E-state index >= 15 is 0 Å². The minimum absolute atomic E-state index is 0.201. The van der Waals surface area contributed by atoms with E-state index in [-0.39, 0.29) is 17.2 Å². The maximum absolute atomic E-state index is 13.1. The molecule has 1 atom stereocenters. The van der Waals surface area contributed by atoms with Crippen LogP contribution in [0, 0.1) is 13.8 Å². The van der Waals surface area contributed by atoms with Gasteiger partial charge in [-0.05, 0) is 37.1 Å². The zero-order valence-corrected chi connectivity index (χ0v) is 17.0. The summed E-state index contributed by atoms with van der Waals surface area (Å²) in [5, 5.41) is 11.8. The molecule has 1 aliphatic rings. The van der Waals surface area contributed by atoms with Crippen LogP contribution in [0.3, 0.4) is 0 Å². The molecule has 0 aliphatic carbocycles. The molecule has 3 aromatic rings. The summed E-state index contributed by atoms with van der Waals surface area (Å²) in [6.07, 6.45) is 0.223. The molecule has 0 saturated heterocycles. The summed E-state index contributed by atoms with van der Waals surface area (Å²) in [4.78, 5) is 12.7. The Morgan fingerprint density at radius 1 is 1.14 bits per heavy atom. The van der Waals surface area contributed by atoms with Gasteiger partial charge in [0.1, 0.15) is 0 Å². The minimum atomic E-state index is -3.64. The molecular weight excluding hydrogens is 388 g/mol. The number of carbonyl (C=O) groups is 1. The molecule has 2 aromatic carbocycles. The van der Waals surface area contributed by atoms with Crippen molar-refractivity contribution in [2.75, 3.05) is 5.32 Å². The predicted octanol–water partition coefficient (Wildman–Crippen LogP) is 2.78. The van der Waals surface area contributed by atoms with Gasteiger partial charge in [-0.2, -0.15) is 5.10 Å². The Kier molecular flexibility index (Phi) is 4.97. The van der Waals surface area contributed by atoms with Gasteiger partial charge in [-0.25, -0.2) is 8.42 Å². The lowest BCUT2D eigenvalue weighted by atomic mass is 10.1. The maximum Gasteiger partial charge on any atom is 0.230 e. The van der Waals surface area contributed by atoms with Crippen LogP contribution < -0.4 is 10.6 Å². The molecule has 0 bridgehead atoms. The summed E-state index contributed by atoms with van der Waals surface area (Å²) < 4.78 is 26.1. The molecule has 1 unspecified atom stereocenters. The molecule has 1 aromatic heterocycles. The van der Waals surface area contributed by atoms with E-state index in [0.717, 1.165) is 16.7 Å².